The lowest BCUT2D eigenvalue weighted by molar-refractivity contribution is -0.131. The van der Waals surface area contributed by atoms with Gasteiger partial charge in [-0.05, 0) is 46.9 Å². The Morgan fingerprint density at radius 1 is 0.919 bits per heavy atom. The highest BCUT2D eigenvalue weighted by molar-refractivity contribution is 7.85. The number of methoxy groups -OCH3 is 2. The van der Waals surface area contributed by atoms with Gasteiger partial charge in [0, 0.05) is 10.8 Å². The molecule has 0 atom stereocenters. The Morgan fingerprint density at radius 2 is 1.62 bits per heavy atom. The molecule has 0 spiro atoms. The van der Waals surface area contributed by atoms with E-state index in [0.717, 1.165) is 27.0 Å². The number of carbonyl (C=O) groups is 2. The molecule has 0 bridgehead atoms. The second-order valence-corrected chi connectivity index (χ2v) is 9.06. The maximum atomic E-state index is 10.8. The van der Waals surface area contributed by atoms with Gasteiger partial charge in [-0.1, -0.05) is 36.4 Å². The molecule has 1 aromatic heterocycles. The lowest BCUT2D eigenvalue weighted by atomic mass is 10.2. The van der Waals surface area contributed by atoms with E-state index in [1.54, 1.807) is 30.3 Å². The number of rotatable bonds is 8. The lowest BCUT2D eigenvalue weighted by Gasteiger charge is -2.11. The van der Waals surface area contributed by atoms with Gasteiger partial charge < -0.3 is 29.5 Å². The summed E-state index contributed by atoms with van der Waals surface area (Å²) >= 11 is 5.03. The second-order valence-electron chi connectivity index (χ2n) is 7.50. The number of aliphatic carboxylic acids is 1. The highest BCUT2D eigenvalue weighted by Crippen LogP contribution is 2.35. The summed E-state index contributed by atoms with van der Waals surface area (Å²) < 4.78 is 16.7. The summed E-state index contributed by atoms with van der Waals surface area (Å²) in [5, 5.41) is 27.9. The fourth-order valence-electron chi connectivity index (χ4n) is 3.17. The Labute approximate surface area is 222 Å². The van der Waals surface area contributed by atoms with Crippen molar-refractivity contribution in [2.24, 2.45) is 0 Å². The van der Waals surface area contributed by atoms with E-state index < -0.39 is 11.9 Å². The van der Waals surface area contributed by atoms with Gasteiger partial charge in [-0.15, -0.1) is 24.0 Å². The van der Waals surface area contributed by atoms with Crippen LogP contribution in [0, 0.1) is 0 Å². The number of aromatic hydroxyl groups is 1. The fraction of sp³-hybridized carbons (Fsp3) is 0.111. The number of aromatic carboxylic acids is 1. The van der Waals surface area contributed by atoms with Gasteiger partial charge in [0.1, 0.15) is 11.5 Å². The van der Waals surface area contributed by atoms with E-state index in [1.807, 2.05) is 30.3 Å². The maximum Gasteiger partial charge on any atom is 0.345 e. The van der Waals surface area contributed by atoms with E-state index in [0.29, 0.717) is 29.4 Å². The third-order valence-corrected chi connectivity index (χ3v) is 6.38. The number of fused-ring (bicyclic) bond motifs is 1. The number of carboxylic acids is 2. The molecule has 0 aliphatic heterocycles. The normalized spacial score (nSPS) is 10.8. The van der Waals surface area contributed by atoms with E-state index in [1.165, 1.54) is 26.4 Å². The maximum absolute atomic E-state index is 10.8. The van der Waals surface area contributed by atoms with Crippen molar-refractivity contribution in [3.8, 4) is 23.0 Å². The van der Waals surface area contributed by atoms with Gasteiger partial charge in [-0.25, -0.2) is 9.59 Å². The largest absolute Gasteiger partial charge is 0.504 e. The number of benzene rings is 3. The molecule has 0 radical (unpaired) electrons. The van der Waals surface area contributed by atoms with Gasteiger partial charge in [-0.3, -0.25) is 0 Å². The molecule has 3 aromatic carbocycles. The average molecular weight is 541 g/mol. The molecule has 0 amide bonds. The fourth-order valence-corrected chi connectivity index (χ4v) is 4.24. The Bertz CT molecular complexity index is 1430. The molecule has 4 rings (SSSR count). The molecule has 0 aliphatic rings. The molecule has 37 heavy (non-hydrogen) atoms. The summed E-state index contributed by atoms with van der Waals surface area (Å²) in [4.78, 5) is 21.7. The molecule has 4 aromatic rings. The van der Waals surface area contributed by atoms with Crippen LogP contribution in [0.15, 0.2) is 71.6 Å². The van der Waals surface area contributed by atoms with Crippen LogP contribution in [0.4, 0.5) is 0 Å². The standard InChI is InChI=1S/C17H16O4S.C10H8O4S/c1-20-15-9-13(10-16(22)17(18)19)7-8-14(15)21-11-12-5-3-2-4-6-12;1-14-7-2-5-3-9(10(12)13)15-8(5)4-6(7)11/h2-10,22H,11H2,1H3,(H,18,19);2-4,11H,1H3,(H,12,13). The number of thiophene rings is 1. The molecule has 192 valence electrons. The number of ether oxygens (including phenoxy) is 3. The van der Waals surface area contributed by atoms with E-state index in [2.05, 4.69) is 12.6 Å². The first kappa shape index (κ1) is 27.4. The molecule has 10 heteroatoms. The molecule has 0 saturated carbocycles. The zero-order valence-corrected chi connectivity index (χ0v) is 21.6. The van der Waals surface area contributed by atoms with Crippen LogP contribution >= 0.6 is 24.0 Å². The van der Waals surface area contributed by atoms with Crippen molar-refractivity contribution >= 4 is 52.1 Å². The highest BCUT2D eigenvalue weighted by atomic mass is 32.1. The monoisotopic (exact) mass is 540 g/mol. The van der Waals surface area contributed by atoms with Crippen molar-refractivity contribution in [3.05, 3.63) is 87.6 Å². The third kappa shape index (κ3) is 7.42. The van der Waals surface area contributed by atoms with Crippen LogP contribution in [-0.2, 0) is 11.4 Å². The van der Waals surface area contributed by atoms with Crippen molar-refractivity contribution in [2.75, 3.05) is 14.2 Å². The van der Waals surface area contributed by atoms with Crippen molar-refractivity contribution in [2.45, 2.75) is 6.61 Å². The highest BCUT2D eigenvalue weighted by Gasteiger charge is 2.11. The first-order chi connectivity index (χ1) is 17.7. The van der Waals surface area contributed by atoms with Crippen molar-refractivity contribution < 1.29 is 39.1 Å². The third-order valence-electron chi connectivity index (χ3n) is 4.98. The Morgan fingerprint density at radius 3 is 2.24 bits per heavy atom. The minimum atomic E-state index is -1.08. The lowest BCUT2D eigenvalue weighted by Crippen LogP contribution is -1.98. The number of thiol groups is 1. The number of hydrogen-bond donors (Lipinski definition) is 4. The van der Waals surface area contributed by atoms with Crippen LogP contribution in [0.5, 0.6) is 23.0 Å². The first-order valence-corrected chi connectivity index (χ1v) is 12.0. The summed E-state index contributed by atoms with van der Waals surface area (Å²) in [6.45, 7) is 0.430. The summed E-state index contributed by atoms with van der Waals surface area (Å²) in [7, 11) is 2.99. The van der Waals surface area contributed by atoms with Crippen LogP contribution < -0.4 is 14.2 Å². The molecule has 3 N–H and O–H groups in total. The Balaban J connectivity index is 0.000000220. The minimum absolute atomic E-state index is 0.0174. The van der Waals surface area contributed by atoms with E-state index in [-0.39, 0.29) is 15.5 Å². The molecular formula is C27H24O8S2. The molecule has 0 aliphatic carbocycles. The van der Waals surface area contributed by atoms with Gasteiger partial charge in [0.15, 0.2) is 23.0 Å². The van der Waals surface area contributed by atoms with Crippen LogP contribution in [0.3, 0.4) is 0 Å². The van der Waals surface area contributed by atoms with Crippen molar-refractivity contribution in [3.63, 3.8) is 0 Å². The topological polar surface area (TPSA) is 123 Å². The molecule has 0 fully saturated rings. The van der Waals surface area contributed by atoms with Crippen LogP contribution in [0.2, 0.25) is 0 Å². The molecule has 0 unspecified atom stereocenters. The smallest absolute Gasteiger partial charge is 0.345 e. The van der Waals surface area contributed by atoms with E-state index in [9.17, 15) is 14.7 Å². The zero-order chi connectivity index (χ0) is 26.9. The molecule has 0 saturated heterocycles. The van der Waals surface area contributed by atoms with Gasteiger partial charge in [0.25, 0.3) is 0 Å². The van der Waals surface area contributed by atoms with E-state index >= 15 is 0 Å². The molecule has 1 heterocycles. The van der Waals surface area contributed by atoms with Gasteiger partial charge in [-0.2, -0.15) is 0 Å². The Hall–Kier alpha value is -4.15. The summed E-state index contributed by atoms with van der Waals surface area (Å²) in [6.07, 6.45) is 1.45. The molecule has 8 nitrogen and oxygen atoms in total. The van der Waals surface area contributed by atoms with Gasteiger partial charge >= 0.3 is 11.9 Å². The van der Waals surface area contributed by atoms with E-state index in [4.69, 9.17) is 24.4 Å². The predicted octanol–water partition coefficient (Wildman–Crippen LogP) is 5.94. The SMILES string of the molecule is COc1cc(C=C(S)C(=O)O)ccc1OCc1ccccc1.COc1cc2cc(C(=O)O)sc2cc1O. The Kier molecular flexibility index (Phi) is 9.42. The summed E-state index contributed by atoms with van der Waals surface area (Å²) in [5.74, 6) is -0.543. The van der Waals surface area contributed by atoms with Gasteiger partial charge in [0.2, 0.25) is 0 Å². The summed E-state index contributed by atoms with van der Waals surface area (Å²) in [5.41, 5.74) is 1.73. The predicted molar refractivity (Wildman–Crippen MR) is 145 cm³/mol. The summed E-state index contributed by atoms with van der Waals surface area (Å²) in [6, 6.07) is 19.7. The first-order valence-electron chi connectivity index (χ1n) is 10.7. The van der Waals surface area contributed by atoms with Crippen LogP contribution in [0.1, 0.15) is 20.8 Å². The second kappa shape index (κ2) is 12.7. The number of phenols is 1. The number of phenolic OH excluding ortho intramolecular Hbond substituents is 1. The average Bonchev–Trinajstić information content (AvgIpc) is 3.31. The van der Waals surface area contributed by atoms with Crippen LogP contribution in [-0.4, -0.2) is 41.5 Å². The molecular weight excluding hydrogens is 516 g/mol. The zero-order valence-electron chi connectivity index (χ0n) is 19.9. The van der Waals surface area contributed by atoms with Crippen molar-refractivity contribution in [1.82, 2.24) is 0 Å². The van der Waals surface area contributed by atoms with Crippen LogP contribution in [0.25, 0.3) is 16.2 Å². The number of carboxylic acid groups (broad SMARTS) is 2. The minimum Gasteiger partial charge on any atom is -0.504 e. The number of hydrogen-bond acceptors (Lipinski definition) is 8. The quantitative estimate of drug-likeness (QED) is 0.160. The van der Waals surface area contributed by atoms with Crippen molar-refractivity contribution in [1.29, 1.82) is 0 Å². The van der Waals surface area contributed by atoms with Gasteiger partial charge in [0.05, 0.1) is 19.1 Å².